The molecule has 0 aliphatic carbocycles. The Morgan fingerprint density at radius 1 is 1.29 bits per heavy atom. The fourth-order valence-corrected chi connectivity index (χ4v) is 2.86. The van der Waals surface area contributed by atoms with Crippen LogP contribution in [0, 0.1) is 11.8 Å². The SMILES string of the molecule is NC1COCC1C(=O)N1CCC(C(=O)NCCCO)CC1. The molecule has 2 amide bonds. The van der Waals surface area contributed by atoms with Gasteiger partial charge >= 0.3 is 0 Å². The van der Waals surface area contributed by atoms with Crippen LogP contribution in [0.2, 0.25) is 0 Å². The van der Waals surface area contributed by atoms with Crippen molar-refractivity contribution in [3.8, 4) is 0 Å². The molecule has 2 aliphatic rings. The van der Waals surface area contributed by atoms with Crippen LogP contribution in [0.3, 0.4) is 0 Å². The predicted molar refractivity (Wildman–Crippen MR) is 76.3 cm³/mol. The van der Waals surface area contributed by atoms with E-state index in [1.165, 1.54) is 0 Å². The minimum Gasteiger partial charge on any atom is -0.396 e. The van der Waals surface area contributed by atoms with Crippen LogP contribution in [0.25, 0.3) is 0 Å². The molecule has 2 rings (SSSR count). The van der Waals surface area contributed by atoms with E-state index < -0.39 is 0 Å². The monoisotopic (exact) mass is 299 g/mol. The van der Waals surface area contributed by atoms with Gasteiger partial charge in [-0.05, 0) is 19.3 Å². The van der Waals surface area contributed by atoms with Crippen molar-refractivity contribution in [2.24, 2.45) is 17.6 Å². The van der Waals surface area contributed by atoms with Crippen LogP contribution in [-0.2, 0) is 14.3 Å². The average Bonchev–Trinajstić information content (AvgIpc) is 2.93. The molecule has 2 aliphatic heterocycles. The van der Waals surface area contributed by atoms with Gasteiger partial charge < -0.3 is 25.8 Å². The molecule has 21 heavy (non-hydrogen) atoms. The number of aliphatic hydroxyl groups excluding tert-OH is 1. The Hall–Kier alpha value is -1.18. The van der Waals surface area contributed by atoms with Gasteiger partial charge in [0.05, 0.1) is 19.1 Å². The topological polar surface area (TPSA) is 105 Å². The summed E-state index contributed by atoms with van der Waals surface area (Å²) in [5.41, 5.74) is 5.87. The summed E-state index contributed by atoms with van der Waals surface area (Å²) in [5.74, 6) is -0.197. The Kier molecular flexibility index (Phi) is 5.96. The highest BCUT2D eigenvalue weighted by molar-refractivity contribution is 5.81. The fourth-order valence-electron chi connectivity index (χ4n) is 2.86. The third-order valence-corrected chi connectivity index (χ3v) is 4.25. The third kappa shape index (κ3) is 4.15. The second kappa shape index (κ2) is 7.72. The molecule has 7 nitrogen and oxygen atoms in total. The van der Waals surface area contributed by atoms with Crippen LogP contribution in [0.15, 0.2) is 0 Å². The highest BCUT2D eigenvalue weighted by Crippen LogP contribution is 2.21. The van der Waals surface area contributed by atoms with Crippen molar-refractivity contribution in [1.82, 2.24) is 10.2 Å². The van der Waals surface area contributed by atoms with Gasteiger partial charge in [0.15, 0.2) is 0 Å². The molecule has 2 atom stereocenters. The van der Waals surface area contributed by atoms with Gasteiger partial charge in [0, 0.05) is 38.2 Å². The largest absolute Gasteiger partial charge is 0.396 e. The quantitative estimate of drug-likeness (QED) is 0.547. The van der Waals surface area contributed by atoms with Gasteiger partial charge in [-0.2, -0.15) is 0 Å². The Balaban J connectivity index is 1.75. The van der Waals surface area contributed by atoms with Crippen molar-refractivity contribution in [3.05, 3.63) is 0 Å². The van der Waals surface area contributed by atoms with E-state index in [1.807, 2.05) is 0 Å². The fraction of sp³-hybridized carbons (Fsp3) is 0.857. The number of rotatable bonds is 5. The molecule has 0 spiro atoms. The average molecular weight is 299 g/mol. The molecule has 0 aromatic rings. The first kappa shape index (κ1) is 16.2. The summed E-state index contributed by atoms with van der Waals surface area (Å²) >= 11 is 0. The summed E-state index contributed by atoms with van der Waals surface area (Å²) in [5, 5.41) is 11.5. The van der Waals surface area contributed by atoms with Gasteiger partial charge in [-0.15, -0.1) is 0 Å². The zero-order valence-corrected chi connectivity index (χ0v) is 12.3. The Labute approximate surface area is 124 Å². The maximum atomic E-state index is 12.3. The number of ether oxygens (including phenoxy) is 1. The Morgan fingerprint density at radius 2 is 2.00 bits per heavy atom. The summed E-state index contributed by atoms with van der Waals surface area (Å²) in [6.45, 7) is 2.63. The molecule has 7 heteroatoms. The van der Waals surface area contributed by atoms with E-state index in [0.29, 0.717) is 52.1 Å². The second-order valence-electron chi connectivity index (χ2n) is 5.78. The number of piperidine rings is 1. The number of carbonyl (C=O) groups is 2. The highest BCUT2D eigenvalue weighted by atomic mass is 16.5. The molecule has 2 saturated heterocycles. The number of hydrogen-bond acceptors (Lipinski definition) is 5. The van der Waals surface area contributed by atoms with E-state index in [4.69, 9.17) is 15.6 Å². The lowest BCUT2D eigenvalue weighted by Gasteiger charge is -2.33. The molecule has 0 bridgehead atoms. The maximum absolute atomic E-state index is 12.3. The molecular weight excluding hydrogens is 274 g/mol. The maximum Gasteiger partial charge on any atom is 0.229 e. The summed E-state index contributed by atoms with van der Waals surface area (Å²) in [6, 6.07) is -0.211. The van der Waals surface area contributed by atoms with E-state index in [1.54, 1.807) is 4.90 Å². The van der Waals surface area contributed by atoms with E-state index in [9.17, 15) is 9.59 Å². The molecular formula is C14H25N3O4. The van der Waals surface area contributed by atoms with Gasteiger partial charge in [0.2, 0.25) is 11.8 Å². The van der Waals surface area contributed by atoms with E-state index in [0.717, 1.165) is 0 Å². The van der Waals surface area contributed by atoms with Gasteiger partial charge in [-0.1, -0.05) is 0 Å². The number of amides is 2. The van der Waals surface area contributed by atoms with Crippen LogP contribution in [0.5, 0.6) is 0 Å². The number of carbonyl (C=O) groups excluding carboxylic acids is 2. The van der Waals surface area contributed by atoms with Crippen LogP contribution >= 0.6 is 0 Å². The lowest BCUT2D eigenvalue weighted by Crippen LogP contribution is -2.48. The van der Waals surface area contributed by atoms with Crippen molar-refractivity contribution < 1.29 is 19.4 Å². The van der Waals surface area contributed by atoms with Crippen molar-refractivity contribution in [2.75, 3.05) is 39.5 Å². The lowest BCUT2D eigenvalue weighted by atomic mass is 9.94. The zero-order valence-electron chi connectivity index (χ0n) is 12.3. The number of nitrogens with zero attached hydrogens (tertiary/aromatic N) is 1. The summed E-state index contributed by atoms with van der Waals surface area (Å²) in [6.07, 6.45) is 1.93. The standard InChI is InChI=1S/C14H25N3O4/c15-12-9-21-8-11(12)14(20)17-5-2-10(3-6-17)13(19)16-4-1-7-18/h10-12,18H,1-9,15H2,(H,16,19). The van der Waals surface area contributed by atoms with Crippen LogP contribution in [-0.4, -0.2) is 67.3 Å². The number of hydrogen-bond donors (Lipinski definition) is 3. The van der Waals surface area contributed by atoms with Crippen molar-refractivity contribution in [3.63, 3.8) is 0 Å². The zero-order chi connectivity index (χ0) is 15.2. The van der Waals surface area contributed by atoms with Gasteiger partial charge in [-0.3, -0.25) is 9.59 Å². The molecule has 2 fully saturated rings. The third-order valence-electron chi connectivity index (χ3n) is 4.25. The van der Waals surface area contributed by atoms with E-state index >= 15 is 0 Å². The first-order chi connectivity index (χ1) is 10.1. The number of nitrogens with two attached hydrogens (primary N) is 1. The predicted octanol–water partition coefficient (Wildman–Crippen LogP) is -1.30. The molecule has 120 valence electrons. The smallest absolute Gasteiger partial charge is 0.229 e. The minimum atomic E-state index is -0.236. The molecule has 0 aromatic heterocycles. The normalized spacial score (nSPS) is 26.9. The van der Waals surface area contributed by atoms with Gasteiger partial charge in [0.25, 0.3) is 0 Å². The van der Waals surface area contributed by atoms with Crippen molar-refractivity contribution in [2.45, 2.75) is 25.3 Å². The van der Waals surface area contributed by atoms with Gasteiger partial charge in [-0.25, -0.2) is 0 Å². The summed E-state index contributed by atoms with van der Waals surface area (Å²) in [4.78, 5) is 26.1. The Morgan fingerprint density at radius 3 is 2.57 bits per heavy atom. The van der Waals surface area contributed by atoms with E-state index in [-0.39, 0.29) is 36.3 Å². The van der Waals surface area contributed by atoms with Crippen LogP contribution in [0.4, 0.5) is 0 Å². The van der Waals surface area contributed by atoms with Crippen LogP contribution in [0.1, 0.15) is 19.3 Å². The number of aliphatic hydroxyl groups is 1. The summed E-state index contributed by atoms with van der Waals surface area (Å²) in [7, 11) is 0. The number of likely N-dealkylation sites (tertiary alicyclic amines) is 1. The van der Waals surface area contributed by atoms with Crippen molar-refractivity contribution in [1.29, 1.82) is 0 Å². The molecule has 0 radical (unpaired) electrons. The number of nitrogens with one attached hydrogen (secondary N) is 1. The Bertz CT molecular complexity index is 369. The first-order valence-electron chi connectivity index (χ1n) is 7.64. The van der Waals surface area contributed by atoms with Gasteiger partial charge in [0.1, 0.15) is 0 Å². The molecule has 2 heterocycles. The second-order valence-corrected chi connectivity index (χ2v) is 5.78. The minimum absolute atomic E-state index is 0.0245. The molecule has 2 unspecified atom stereocenters. The molecule has 0 saturated carbocycles. The van der Waals surface area contributed by atoms with Crippen LogP contribution < -0.4 is 11.1 Å². The molecule has 4 N–H and O–H groups in total. The lowest BCUT2D eigenvalue weighted by molar-refractivity contribution is -0.139. The first-order valence-corrected chi connectivity index (χ1v) is 7.64. The van der Waals surface area contributed by atoms with Crippen molar-refractivity contribution >= 4 is 11.8 Å². The molecule has 0 aromatic carbocycles. The van der Waals surface area contributed by atoms with E-state index in [2.05, 4.69) is 5.32 Å². The summed E-state index contributed by atoms with van der Waals surface area (Å²) < 4.78 is 5.24. The highest BCUT2D eigenvalue weighted by Gasteiger charge is 2.36.